The number of fused-ring (bicyclic) bond motifs is 5. The highest BCUT2D eigenvalue weighted by atomic mass is 16.6. The molecule has 0 unspecified atom stereocenters. The second-order valence-electron chi connectivity index (χ2n) is 13.0. The second kappa shape index (κ2) is 8.31. The van der Waals surface area contributed by atoms with E-state index in [0.29, 0.717) is 19.3 Å². The van der Waals surface area contributed by atoms with Gasteiger partial charge in [0.15, 0.2) is 0 Å². The zero-order valence-electron chi connectivity index (χ0n) is 22.6. The fourth-order valence-electron chi connectivity index (χ4n) is 9.25. The standard InChI is InChI=1S/C28H42O7/c1-15(29)33-18-13-20-25(4,5)22(35-17(3)31)10-11-26(20,6)23-19(34-16(2)30)14-28(8)21(32)9-12-27(28,7)24(18)23/h18-20,22-24H,9-14H2,1-8H3/t18-,19+,20+,22-,23-,24+,26-,27-,28+/m0/s1. The van der Waals surface area contributed by atoms with Crippen LogP contribution >= 0.6 is 0 Å². The number of esters is 3. The topological polar surface area (TPSA) is 96.0 Å². The Balaban J connectivity index is 1.88. The lowest BCUT2D eigenvalue weighted by Crippen LogP contribution is -2.69. The van der Waals surface area contributed by atoms with Gasteiger partial charge < -0.3 is 14.2 Å². The van der Waals surface area contributed by atoms with Crippen LogP contribution in [0.3, 0.4) is 0 Å². The maximum atomic E-state index is 13.3. The van der Waals surface area contributed by atoms with E-state index in [2.05, 4.69) is 27.7 Å². The Morgan fingerprint density at radius 2 is 1.37 bits per heavy atom. The van der Waals surface area contributed by atoms with Crippen LogP contribution < -0.4 is 0 Å². The Bertz CT molecular complexity index is 940. The van der Waals surface area contributed by atoms with Crippen LogP contribution in [0.25, 0.3) is 0 Å². The van der Waals surface area contributed by atoms with Gasteiger partial charge in [0.2, 0.25) is 0 Å². The summed E-state index contributed by atoms with van der Waals surface area (Å²) in [7, 11) is 0. The van der Waals surface area contributed by atoms with Gasteiger partial charge in [-0.25, -0.2) is 0 Å². The summed E-state index contributed by atoms with van der Waals surface area (Å²) in [5, 5.41) is 0. The predicted octanol–water partition coefficient (Wildman–Crippen LogP) is 4.64. The molecule has 35 heavy (non-hydrogen) atoms. The summed E-state index contributed by atoms with van der Waals surface area (Å²) in [6, 6.07) is 0. The SMILES string of the molecule is CC(=O)O[C@H]1C[C@@H]2C(C)(C)[C@@H](OC(C)=O)CC[C@]2(C)[C@@H]2[C@@H]1[C@]1(C)CCC(=O)[C@@]1(C)C[C@H]2OC(C)=O. The molecule has 4 fully saturated rings. The molecule has 0 N–H and O–H groups in total. The molecule has 0 aromatic carbocycles. The van der Waals surface area contributed by atoms with Gasteiger partial charge in [-0.3, -0.25) is 19.2 Å². The summed E-state index contributed by atoms with van der Waals surface area (Å²) in [6.07, 6.45) is 2.82. The zero-order valence-corrected chi connectivity index (χ0v) is 22.6. The van der Waals surface area contributed by atoms with Crippen molar-refractivity contribution in [2.75, 3.05) is 0 Å². The molecule has 0 saturated heterocycles. The van der Waals surface area contributed by atoms with Crippen LogP contribution in [0.5, 0.6) is 0 Å². The Hall–Kier alpha value is -1.92. The van der Waals surface area contributed by atoms with Gasteiger partial charge in [-0.1, -0.05) is 34.6 Å². The van der Waals surface area contributed by atoms with E-state index in [9.17, 15) is 19.2 Å². The number of ketones is 1. The Morgan fingerprint density at radius 1 is 0.800 bits per heavy atom. The van der Waals surface area contributed by atoms with Crippen LogP contribution in [-0.2, 0) is 33.4 Å². The van der Waals surface area contributed by atoms with Gasteiger partial charge in [0.1, 0.15) is 24.1 Å². The number of hydrogen-bond donors (Lipinski definition) is 0. The number of rotatable bonds is 3. The fourth-order valence-corrected chi connectivity index (χ4v) is 9.25. The molecule has 4 aliphatic carbocycles. The summed E-state index contributed by atoms with van der Waals surface area (Å²) >= 11 is 0. The molecule has 4 saturated carbocycles. The van der Waals surface area contributed by atoms with Crippen molar-refractivity contribution in [2.45, 2.75) is 112 Å². The third kappa shape index (κ3) is 3.74. The Kier molecular flexibility index (Phi) is 6.21. The highest BCUT2D eigenvalue weighted by Gasteiger charge is 2.73. The molecule has 4 aliphatic rings. The molecular weight excluding hydrogens is 448 g/mol. The van der Waals surface area contributed by atoms with Crippen molar-refractivity contribution in [1.29, 1.82) is 0 Å². The van der Waals surface area contributed by atoms with Gasteiger partial charge >= 0.3 is 17.9 Å². The minimum absolute atomic E-state index is 0.0711. The number of ether oxygens (including phenoxy) is 3. The van der Waals surface area contributed by atoms with E-state index in [4.69, 9.17) is 14.2 Å². The largest absolute Gasteiger partial charge is 0.462 e. The molecule has 0 heterocycles. The molecule has 7 heteroatoms. The molecular formula is C28H42O7. The first-order chi connectivity index (χ1) is 16.1. The lowest BCUT2D eigenvalue weighted by molar-refractivity contribution is -0.264. The first-order valence-corrected chi connectivity index (χ1v) is 13.1. The van der Waals surface area contributed by atoms with Gasteiger partial charge in [0.25, 0.3) is 0 Å². The first-order valence-electron chi connectivity index (χ1n) is 13.1. The van der Waals surface area contributed by atoms with Gasteiger partial charge in [-0.2, -0.15) is 0 Å². The molecule has 9 atom stereocenters. The molecule has 196 valence electrons. The van der Waals surface area contributed by atoms with Gasteiger partial charge in [-0.15, -0.1) is 0 Å². The number of hydrogen-bond acceptors (Lipinski definition) is 7. The lowest BCUT2D eigenvalue weighted by Gasteiger charge is -2.68. The van der Waals surface area contributed by atoms with E-state index in [1.54, 1.807) is 0 Å². The van der Waals surface area contributed by atoms with Crippen LogP contribution in [0, 0.1) is 39.4 Å². The Morgan fingerprint density at radius 3 is 1.94 bits per heavy atom. The number of carbonyl (C=O) groups is 4. The van der Waals surface area contributed by atoms with Crippen LogP contribution in [0.15, 0.2) is 0 Å². The fraction of sp³-hybridized carbons (Fsp3) is 0.857. The normalized spacial score (nSPS) is 46.0. The summed E-state index contributed by atoms with van der Waals surface area (Å²) in [5.74, 6) is -0.884. The summed E-state index contributed by atoms with van der Waals surface area (Å²) < 4.78 is 17.9. The van der Waals surface area contributed by atoms with Crippen LogP contribution in [0.2, 0.25) is 0 Å². The summed E-state index contributed by atoms with van der Waals surface area (Å²) in [6.45, 7) is 15.1. The van der Waals surface area contributed by atoms with Gasteiger partial charge in [0.05, 0.1) is 0 Å². The third-order valence-corrected chi connectivity index (χ3v) is 10.9. The van der Waals surface area contributed by atoms with Crippen molar-refractivity contribution in [1.82, 2.24) is 0 Å². The minimum atomic E-state index is -0.639. The third-order valence-electron chi connectivity index (χ3n) is 10.9. The minimum Gasteiger partial charge on any atom is -0.462 e. The van der Waals surface area contributed by atoms with E-state index >= 15 is 0 Å². The molecule has 0 bridgehead atoms. The highest BCUT2D eigenvalue weighted by molar-refractivity contribution is 5.88. The molecule has 7 nitrogen and oxygen atoms in total. The van der Waals surface area contributed by atoms with E-state index in [0.717, 1.165) is 19.3 Å². The van der Waals surface area contributed by atoms with Crippen molar-refractivity contribution in [2.24, 2.45) is 39.4 Å². The van der Waals surface area contributed by atoms with Crippen LogP contribution in [-0.4, -0.2) is 42.0 Å². The van der Waals surface area contributed by atoms with Crippen molar-refractivity contribution in [3.63, 3.8) is 0 Å². The first kappa shape index (κ1) is 26.2. The molecule has 0 spiro atoms. The average Bonchev–Trinajstić information content (AvgIpc) is 2.94. The zero-order chi connectivity index (χ0) is 26.1. The van der Waals surface area contributed by atoms with Gasteiger partial charge in [0, 0.05) is 49.9 Å². The molecule has 0 aromatic rings. The second-order valence-corrected chi connectivity index (χ2v) is 13.0. The van der Waals surface area contributed by atoms with E-state index < -0.39 is 17.6 Å². The maximum absolute atomic E-state index is 13.3. The summed E-state index contributed by atoms with van der Waals surface area (Å²) in [5.41, 5.74) is -1.61. The lowest BCUT2D eigenvalue weighted by atomic mass is 9.37. The van der Waals surface area contributed by atoms with Crippen LogP contribution in [0.4, 0.5) is 0 Å². The quantitative estimate of drug-likeness (QED) is 0.420. The molecule has 0 aromatic heterocycles. The van der Waals surface area contributed by atoms with Crippen molar-refractivity contribution < 1.29 is 33.4 Å². The van der Waals surface area contributed by atoms with Crippen LogP contribution in [0.1, 0.15) is 93.9 Å². The molecule has 0 aliphatic heterocycles. The van der Waals surface area contributed by atoms with E-state index in [-0.39, 0.29) is 63.8 Å². The van der Waals surface area contributed by atoms with E-state index in [1.807, 2.05) is 6.92 Å². The summed E-state index contributed by atoms with van der Waals surface area (Å²) in [4.78, 5) is 49.9. The molecule has 4 rings (SSSR count). The van der Waals surface area contributed by atoms with Crippen molar-refractivity contribution in [3.05, 3.63) is 0 Å². The number of Topliss-reactive ketones (excluding diaryl/α,β-unsaturated/α-hetero) is 1. The van der Waals surface area contributed by atoms with Gasteiger partial charge in [-0.05, 0) is 48.9 Å². The van der Waals surface area contributed by atoms with Crippen molar-refractivity contribution in [3.8, 4) is 0 Å². The molecule has 0 amide bonds. The smallest absolute Gasteiger partial charge is 0.302 e. The predicted molar refractivity (Wildman–Crippen MR) is 128 cm³/mol. The maximum Gasteiger partial charge on any atom is 0.302 e. The Labute approximate surface area is 209 Å². The van der Waals surface area contributed by atoms with Crippen molar-refractivity contribution >= 4 is 23.7 Å². The average molecular weight is 491 g/mol. The monoisotopic (exact) mass is 490 g/mol. The van der Waals surface area contributed by atoms with E-state index in [1.165, 1.54) is 20.8 Å². The highest BCUT2D eigenvalue weighted by Crippen LogP contribution is 2.73. The molecule has 0 radical (unpaired) electrons. The number of carbonyl (C=O) groups excluding carboxylic acids is 4.